The Balaban J connectivity index is 2.03. The van der Waals surface area contributed by atoms with E-state index in [9.17, 15) is 4.79 Å². The highest BCUT2D eigenvalue weighted by Gasteiger charge is 2.17. The predicted octanol–water partition coefficient (Wildman–Crippen LogP) is 1.26. The summed E-state index contributed by atoms with van der Waals surface area (Å²) in [5, 5.41) is 0. The molecule has 1 unspecified atom stereocenters. The molecule has 0 aromatic heterocycles. The van der Waals surface area contributed by atoms with E-state index in [0.717, 1.165) is 31.9 Å². The molecule has 1 aromatic carbocycles. The van der Waals surface area contributed by atoms with Crippen molar-refractivity contribution < 1.29 is 14.3 Å². The molecule has 1 fully saturated rings. The minimum atomic E-state index is -0.599. The lowest BCUT2D eigenvalue weighted by Gasteiger charge is -2.30. The molecule has 1 saturated heterocycles. The molecule has 21 heavy (non-hydrogen) atoms. The van der Waals surface area contributed by atoms with E-state index in [0.29, 0.717) is 13.0 Å². The molecule has 5 heteroatoms. The van der Waals surface area contributed by atoms with Crippen LogP contribution >= 0.6 is 0 Å². The minimum absolute atomic E-state index is 0.340. The average Bonchev–Trinajstić information content (AvgIpc) is 2.48. The molecule has 2 N–H and O–H groups in total. The third-order valence-corrected chi connectivity index (χ3v) is 3.66. The molecule has 2 rings (SSSR count). The van der Waals surface area contributed by atoms with E-state index in [2.05, 4.69) is 24.0 Å². The van der Waals surface area contributed by atoms with Crippen LogP contribution in [0.4, 0.5) is 5.69 Å². The van der Waals surface area contributed by atoms with Crippen LogP contribution in [0.25, 0.3) is 0 Å². The van der Waals surface area contributed by atoms with Crippen LogP contribution in [-0.4, -0.2) is 44.9 Å². The number of aryl methyl sites for hydroxylation is 1. The van der Waals surface area contributed by atoms with Gasteiger partial charge in [0.25, 0.3) is 0 Å². The Morgan fingerprint density at radius 1 is 1.43 bits per heavy atom. The van der Waals surface area contributed by atoms with Gasteiger partial charge in [-0.2, -0.15) is 0 Å². The molecule has 0 amide bonds. The maximum absolute atomic E-state index is 11.6. The van der Waals surface area contributed by atoms with E-state index >= 15 is 0 Å². The van der Waals surface area contributed by atoms with E-state index in [-0.39, 0.29) is 5.97 Å². The minimum Gasteiger partial charge on any atom is -0.465 e. The second kappa shape index (κ2) is 7.43. The van der Waals surface area contributed by atoms with Crippen LogP contribution in [0.3, 0.4) is 0 Å². The molecule has 1 heterocycles. The van der Waals surface area contributed by atoms with Crippen LogP contribution in [-0.2, 0) is 20.7 Å². The van der Waals surface area contributed by atoms with Gasteiger partial charge >= 0.3 is 5.97 Å². The zero-order valence-electron chi connectivity index (χ0n) is 12.8. The van der Waals surface area contributed by atoms with Crippen LogP contribution in [0.5, 0.6) is 0 Å². The van der Waals surface area contributed by atoms with Gasteiger partial charge < -0.3 is 20.1 Å². The van der Waals surface area contributed by atoms with E-state index in [1.807, 2.05) is 6.07 Å². The van der Waals surface area contributed by atoms with Gasteiger partial charge in [-0.15, -0.1) is 0 Å². The third kappa shape index (κ3) is 4.19. The second-order valence-electron chi connectivity index (χ2n) is 5.28. The van der Waals surface area contributed by atoms with Gasteiger partial charge in [-0.3, -0.25) is 4.79 Å². The van der Waals surface area contributed by atoms with Gasteiger partial charge in [0.2, 0.25) is 0 Å². The Kier molecular flexibility index (Phi) is 5.59. The number of nitrogens with zero attached hydrogens (tertiary/aromatic N) is 1. The Bertz CT molecular complexity index is 484. The fourth-order valence-corrected chi connectivity index (χ4v) is 2.59. The third-order valence-electron chi connectivity index (χ3n) is 3.66. The van der Waals surface area contributed by atoms with Crippen molar-refractivity contribution in [2.24, 2.45) is 5.73 Å². The molecule has 1 atom stereocenters. The molecule has 0 spiro atoms. The van der Waals surface area contributed by atoms with Gasteiger partial charge in [0.1, 0.15) is 6.04 Å². The van der Waals surface area contributed by atoms with E-state index in [1.54, 1.807) is 6.92 Å². The lowest BCUT2D eigenvalue weighted by Crippen LogP contribution is -2.36. The summed E-state index contributed by atoms with van der Waals surface area (Å²) in [5.74, 6) is -0.340. The van der Waals surface area contributed by atoms with Crippen molar-refractivity contribution in [3.63, 3.8) is 0 Å². The Morgan fingerprint density at radius 3 is 2.76 bits per heavy atom. The smallest absolute Gasteiger partial charge is 0.323 e. The molecule has 0 radical (unpaired) electrons. The van der Waals surface area contributed by atoms with Gasteiger partial charge in [0.05, 0.1) is 19.8 Å². The summed E-state index contributed by atoms with van der Waals surface area (Å²) in [7, 11) is 0. The van der Waals surface area contributed by atoms with Crippen molar-refractivity contribution in [3.05, 3.63) is 29.3 Å². The standard InChI is InChI=1S/C16H24N2O3/c1-3-21-16(19)14(17)11-13-4-5-15(12(2)10-13)18-6-8-20-9-7-18/h4-5,10,14H,3,6-9,11,17H2,1-2H3. The molecule has 0 saturated carbocycles. The van der Waals surface area contributed by atoms with Crippen LogP contribution in [0, 0.1) is 6.92 Å². The van der Waals surface area contributed by atoms with Crippen LogP contribution < -0.4 is 10.6 Å². The summed E-state index contributed by atoms with van der Waals surface area (Å²) in [4.78, 5) is 13.9. The van der Waals surface area contributed by atoms with E-state index in [1.165, 1.54) is 11.3 Å². The molecule has 0 aliphatic carbocycles. The van der Waals surface area contributed by atoms with Gasteiger partial charge in [-0.05, 0) is 37.5 Å². The SMILES string of the molecule is CCOC(=O)C(N)Cc1ccc(N2CCOCC2)c(C)c1. The van der Waals surface area contributed by atoms with Crippen molar-refractivity contribution in [3.8, 4) is 0 Å². The highest BCUT2D eigenvalue weighted by molar-refractivity contribution is 5.76. The van der Waals surface area contributed by atoms with Gasteiger partial charge in [0.15, 0.2) is 0 Å². The molecular formula is C16H24N2O3. The van der Waals surface area contributed by atoms with Gasteiger partial charge in [-0.25, -0.2) is 0 Å². The Labute approximate surface area is 126 Å². The maximum atomic E-state index is 11.6. The number of carbonyl (C=O) groups excluding carboxylic acids is 1. The zero-order valence-corrected chi connectivity index (χ0v) is 12.8. The Morgan fingerprint density at radius 2 is 2.14 bits per heavy atom. The number of nitrogens with two attached hydrogens (primary N) is 1. The number of hydrogen-bond acceptors (Lipinski definition) is 5. The first kappa shape index (κ1) is 15.8. The molecular weight excluding hydrogens is 268 g/mol. The normalized spacial score (nSPS) is 16.6. The summed E-state index contributed by atoms with van der Waals surface area (Å²) in [5.41, 5.74) is 9.35. The number of hydrogen-bond donors (Lipinski definition) is 1. The van der Waals surface area contributed by atoms with Crippen LogP contribution in [0.15, 0.2) is 18.2 Å². The molecule has 1 aromatic rings. The number of anilines is 1. The van der Waals surface area contributed by atoms with Crippen LogP contribution in [0.1, 0.15) is 18.1 Å². The number of rotatable bonds is 5. The summed E-state index contributed by atoms with van der Waals surface area (Å²) in [6.07, 6.45) is 0.503. The Hall–Kier alpha value is -1.59. The van der Waals surface area contributed by atoms with Crippen LogP contribution in [0.2, 0.25) is 0 Å². The highest BCUT2D eigenvalue weighted by Crippen LogP contribution is 2.22. The zero-order chi connectivity index (χ0) is 15.2. The van der Waals surface area contributed by atoms with Gasteiger partial charge in [-0.1, -0.05) is 12.1 Å². The van der Waals surface area contributed by atoms with Crippen molar-refractivity contribution in [1.29, 1.82) is 0 Å². The number of esters is 1. The second-order valence-corrected chi connectivity index (χ2v) is 5.28. The van der Waals surface area contributed by atoms with Crippen molar-refractivity contribution in [1.82, 2.24) is 0 Å². The molecule has 5 nitrogen and oxygen atoms in total. The molecule has 1 aliphatic rings. The number of carbonyl (C=O) groups is 1. The summed E-state index contributed by atoms with van der Waals surface area (Å²) < 4.78 is 10.3. The first-order valence-electron chi connectivity index (χ1n) is 7.46. The van der Waals surface area contributed by atoms with Crippen molar-refractivity contribution in [2.45, 2.75) is 26.3 Å². The average molecular weight is 292 g/mol. The van der Waals surface area contributed by atoms with Crippen molar-refractivity contribution >= 4 is 11.7 Å². The summed E-state index contributed by atoms with van der Waals surface area (Å²) >= 11 is 0. The van der Waals surface area contributed by atoms with E-state index < -0.39 is 6.04 Å². The molecule has 0 bridgehead atoms. The molecule has 116 valence electrons. The fourth-order valence-electron chi connectivity index (χ4n) is 2.59. The fraction of sp³-hybridized carbons (Fsp3) is 0.562. The topological polar surface area (TPSA) is 64.8 Å². The lowest BCUT2D eigenvalue weighted by molar-refractivity contribution is -0.144. The maximum Gasteiger partial charge on any atom is 0.323 e. The largest absolute Gasteiger partial charge is 0.465 e. The first-order valence-corrected chi connectivity index (χ1v) is 7.46. The summed E-state index contributed by atoms with van der Waals surface area (Å²) in [6.45, 7) is 7.62. The van der Waals surface area contributed by atoms with E-state index in [4.69, 9.17) is 15.2 Å². The lowest BCUT2D eigenvalue weighted by atomic mass is 10.0. The summed E-state index contributed by atoms with van der Waals surface area (Å²) in [6, 6.07) is 5.65. The van der Waals surface area contributed by atoms with Gasteiger partial charge in [0, 0.05) is 18.8 Å². The predicted molar refractivity (Wildman–Crippen MR) is 82.5 cm³/mol. The monoisotopic (exact) mass is 292 g/mol. The number of morpholine rings is 1. The number of ether oxygens (including phenoxy) is 2. The quantitative estimate of drug-likeness (QED) is 0.828. The highest BCUT2D eigenvalue weighted by atomic mass is 16.5. The first-order chi connectivity index (χ1) is 10.1. The molecule has 1 aliphatic heterocycles. The number of benzene rings is 1. The van der Waals surface area contributed by atoms with Crippen molar-refractivity contribution in [2.75, 3.05) is 37.8 Å².